The van der Waals surface area contributed by atoms with E-state index in [0.717, 1.165) is 49.3 Å². The molecule has 1 unspecified atom stereocenters. The van der Waals surface area contributed by atoms with Gasteiger partial charge in [0.1, 0.15) is 12.1 Å². The van der Waals surface area contributed by atoms with Crippen molar-refractivity contribution in [2.75, 3.05) is 18.0 Å². The predicted molar refractivity (Wildman–Crippen MR) is 121 cm³/mol. The van der Waals surface area contributed by atoms with Gasteiger partial charge in [-0.15, -0.1) is 0 Å². The highest BCUT2D eigenvalue weighted by atomic mass is 15.1. The van der Waals surface area contributed by atoms with Crippen LogP contribution in [0.5, 0.6) is 0 Å². The summed E-state index contributed by atoms with van der Waals surface area (Å²) in [4.78, 5) is 11.2. The molecule has 1 aromatic rings. The maximum atomic E-state index is 9.43. The number of hydrogen-bond donors (Lipinski definition) is 0. The molecule has 0 aromatic heterocycles. The smallest absolute Gasteiger partial charge is 0.177 e. The molecule has 0 bridgehead atoms. The Hall–Kier alpha value is -3.18. The van der Waals surface area contributed by atoms with Crippen LogP contribution in [-0.4, -0.2) is 24.5 Å². The second-order valence-electron chi connectivity index (χ2n) is 7.00. The highest BCUT2D eigenvalue weighted by Gasteiger charge is 2.22. The van der Waals surface area contributed by atoms with Gasteiger partial charge in [-0.25, -0.2) is 9.98 Å². The normalized spacial score (nSPS) is 16.7. The summed E-state index contributed by atoms with van der Waals surface area (Å²) in [5.74, 6) is 0.00958. The predicted octanol–water partition coefficient (Wildman–Crippen LogP) is 5.53. The van der Waals surface area contributed by atoms with Crippen LogP contribution in [0.1, 0.15) is 52.5 Å². The fourth-order valence-electron chi connectivity index (χ4n) is 3.42. The number of benzene rings is 1. The summed E-state index contributed by atoms with van der Waals surface area (Å²) in [7, 11) is 0. The number of hydrogen-bond acceptors (Lipinski definition) is 5. The van der Waals surface area contributed by atoms with Gasteiger partial charge in [-0.2, -0.15) is 10.5 Å². The Morgan fingerprint density at radius 3 is 2.14 bits per heavy atom. The van der Waals surface area contributed by atoms with Crippen molar-refractivity contribution in [2.45, 2.75) is 47.0 Å². The van der Waals surface area contributed by atoms with Crippen molar-refractivity contribution in [1.82, 2.24) is 0 Å². The fourth-order valence-corrected chi connectivity index (χ4v) is 3.42. The van der Waals surface area contributed by atoms with Crippen molar-refractivity contribution < 1.29 is 0 Å². The van der Waals surface area contributed by atoms with E-state index in [9.17, 15) is 10.5 Å². The van der Waals surface area contributed by atoms with Gasteiger partial charge in [-0.3, -0.25) is 0 Å². The number of rotatable bonds is 8. The van der Waals surface area contributed by atoms with E-state index in [1.54, 1.807) is 0 Å². The minimum atomic E-state index is 0.00958. The molecular weight excluding hydrogens is 358 g/mol. The van der Waals surface area contributed by atoms with Crippen LogP contribution in [0, 0.1) is 28.6 Å². The molecule has 0 radical (unpaired) electrons. The minimum absolute atomic E-state index is 0.00958. The van der Waals surface area contributed by atoms with Gasteiger partial charge in [0.25, 0.3) is 0 Å². The zero-order valence-corrected chi connectivity index (χ0v) is 17.8. The summed E-state index contributed by atoms with van der Waals surface area (Å²) in [6, 6.07) is 12.5. The van der Waals surface area contributed by atoms with Crippen LogP contribution in [-0.2, 0) is 0 Å². The van der Waals surface area contributed by atoms with E-state index >= 15 is 0 Å². The third-order valence-electron chi connectivity index (χ3n) is 5.14. The van der Waals surface area contributed by atoms with Crippen LogP contribution in [0.4, 0.5) is 5.69 Å². The van der Waals surface area contributed by atoms with E-state index in [-0.39, 0.29) is 17.3 Å². The number of allylic oxidation sites excluding steroid dienone is 3. The van der Waals surface area contributed by atoms with Gasteiger partial charge in [0.05, 0.1) is 5.71 Å². The molecule has 1 aromatic carbocycles. The summed E-state index contributed by atoms with van der Waals surface area (Å²) in [5, 5.41) is 18.8. The monoisotopic (exact) mass is 387 g/mol. The van der Waals surface area contributed by atoms with Crippen LogP contribution < -0.4 is 4.90 Å². The summed E-state index contributed by atoms with van der Waals surface area (Å²) >= 11 is 0. The Kier molecular flexibility index (Phi) is 8.37. The summed E-state index contributed by atoms with van der Waals surface area (Å²) in [5.41, 5.74) is 4.08. The molecule has 1 aliphatic heterocycles. The van der Waals surface area contributed by atoms with Crippen molar-refractivity contribution >= 4 is 23.2 Å². The van der Waals surface area contributed by atoms with Crippen molar-refractivity contribution in [3.63, 3.8) is 0 Å². The summed E-state index contributed by atoms with van der Waals surface area (Å²) in [6.07, 6.45) is 6.98. The molecule has 150 valence electrons. The van der Waals surface area contributed by atoms with Crippen LogP contribution in [0.25, 0.3) is 6.08 Å². The molecule has 0 saturated heterocycles. The summed E-state index contributed by atoms with van der Waals surface area (Å²) < 4.78 is 0. The molecule has 0 saturated carbocycles. The Morgan fingerprint density at radius 2 is 1.59 bits per heavy atom. The number of nitriles is 2. The maximum absolute atomic E-state index is 9.43. The fraction of sp³-hybridized carbons (Fsp3) is 0.417. The van der Waals surface area contributed by atoms with Crippen molar-refractivity contribution in [3.05, 3.63) is 47.3 Å². The van der Waals surface area contributed by atoms with Gasteiger partial charge >= 0.3 is 0 Å². The van der Waals surface area contributed by atoms with Crippen LogP contribution in [0.3, 0.4) is 0 Å². The van der Waals surface area contributed by atoms with E-state index in [0.29, 0.717) is 0 Å². The Bertz CT molecular complexity index is 900. The summed E-state index contributed by atoms with van der Waals surface area (Å²) in [6.45, 7) is 10.3. The molecule has 5 heteroatoms. The Morgan fingerprint density at radius 1 is 0.966 bits per heavy atom. The van der Waals surface area contributed by atoms with E-state index in [1.165, 1.54) is 5.69 Å². The van der Waals surface area contributed by atoms with Gasteiger partial charge < -0.3 is 4.90 Å². The highest BCUT2D eigenvalue weighted by Crippen LogP contribution is 2.23. The molecule has 0 N–H and O–H groups in total. The van der Waals surface area contributed by atoms with Gasteiger partial charge in [-0.05, 0) is 51.0 Å². The zero-order valence-electron chi connectivity index (χ0n) is 17.8. The second-order valence-corrected chi connectivity index (χ2v) is 7.00. The zero-order chi connectivity index (χ0) is 21.2. The molecule has 1 heterocycles. The standard InChI is InChI=1S/C24H29N5/c1-5-8-9-21-18(4)27-23(16-25)24(17-26)28-22(21)15-12-19-10-13-20(14-11-19)29(6-2)7-3/h10-15,21H,5-9H2,1-4H3/b15-12+. The van der Waals surface area contributed by atoms with E-state index in [2.05, 4.69) is 59.9 Å². The van der Waals surface area contributed by atoms with Gasteiger partial charge in [-0.1, -0.05) is 38.0 Å². The molecule has 5 nitrogen and oxygen atoms in total. The lowest BCUT2D eigenvalue weighted by Gasteiger charge is -2.20. The molecule has 1 aliphatic rings. The Labute approximate surface area is 174 Å². The number of aliphatic imine (C=N–C) groups is 2. The first kappa shape index (κ1) is 22.1. The van der Waals surface area contributed by atoms with Gasteiger partial charge in [0.15, 0.2) is 11.4 Å². The lowest BCUT2D eigenvalue weighted by molar-refractivity contribution is 0.685. The quantitative estimate of drug-likeness (QED) is 0.589. The van der Waals surface area contributed by atoms with Crippen LogP contribution in [0.15, 0.2) is 51.7 Å². The molecule has 0 amide bonds. The average molecular weight is 388 g/mol. The minimum Gasteiger partial charge on any atom is -0.372 e. The largest absolute Gasteiger partial charge is 0.372 e. The van der Waals surface area contributed by atoms with Gasteiger partial charge in [0, 0.05) is 30.4 Å². The van der Waals surface area contributed by atoms with Crippen molar-refractivity contribution in [1.29, 1.82) is 10.5 Å². The third kappa shape index (κ3) is 5.65. The van der Waals surface area contributed by atoms with Crippen molar-refractivity contribution in [3.8, 4) is 12.1 Å². The molecule has 0 spiro atoms. The first-order chi connectivity index (χ1) is 14.1. The van der Waals surface area contributed by atoms with Crippen LogP contribution >= 0.6 is 0 Å². The second kappa shape index (κ2) is 11.0. The maximum Gasteiger partial charge on any atom is 0.177 e. The Balaban J connectivity index is 2.37. The van der Waals surface area contributed by atoms with Crippen molar-refractivity contribution in [2.24, 2.45) is 15.9 Å². The topological polar surface area (TPSA) is 75.5 Å². The lowest BCUT2D eigenvalue weighted by Crippen LogP contribution is -2.21. The lowest BCUT2D eigenvalue weighted by atomic mass is 9.91. The molecule has 2 rings (SSSR count). The molecule has 0 fully saturated rings. The van der Waals surface area contributed by atoms with Gasteiger partial charge in [0.2, 0.25) is 0 Å². The molecule has 1 atom stereocenters. The first-order valence-corrected chi connectivity index (χ1v) is 10.3. The highest BCUT2D eigenvalue weighted by molar-refractivity contribution is 6.14. The average Bonchev–Trinajstić information content (AvgIpc) is 2.88. The van der Waals surface area contributed by atoms with E-state index < -0.39 is 0 Å². The van der Waals surface area contributed by atoms with Crippen LogP contribution in [0.2, 0.25) is 0 Å². The molecular formula is C24H29N5. The van der Waals surface area contributed by atoms with E-state index in [4.69, 9.17) is 0 Å². The molecule has 29 heavy (non-hydrogen) atoms. The van der Waals surface area contributed by atoms with E-state index in [1.807, 2.05) is 31.2 Å². The molecule has 0 aliphatic carbocycles. The third-order valence-corrected chi connectivity index (χ3v) is 5.14. The number of nitrogens with zero attached hydrogens (tertiary/aromatic N) is 5. The number of unbranched alkanes of at least 4 members (excludes halogenated alkanes) is 1. The first-order valence-electron chi connectivity index (χ1n) is 10.3. The number of anilines is 1. The SMILES string of the molecule is CCCCC1C(C)=NC(C#N)=C(C#N)N=C1/C=C/c1ccc(N(CC)CC)cc1.